The van der Waals surface area contributed by atoms with E-state index in [0.717, 1.165) is 5.92 Å². The second-order valence-electron chi connectivity index (χ2n) is 5.46. The van der Waals surface area contributed by atoms with Gasteiger partial charge in [0, 0.05) is 24.8 Å². The van der Waals surface area contributed by atoms with Gasteiger partial charge in [-0.2, -0.15) is 0 Å². The van der Waals surface area contributed by atoms with E-state index in [4.69, 9.17) is 0 Å². The molecule has 0 radical (unpaired) electrons. The van der Waals surface area contributed by atoms with Crippen molar-refractivity contribution in [2.45, 2.75) is 39.2 Å². The molecule has 0 spiro atoms. The van der Waals surface area contributed by atoms with Gasteiger partial charge in [-0.1, -0.05) is 25.1 Å². The molecule has 1 atom stereocenters. The fourth-order valence-corrected chi connectivity index (χ4v) is 2.49. The van der Waals surface area contributed by atoms with Gasteiger partial charge in [-0.15, -0.1) is 0 Å². The predicted molar refractivity (Wildman–Crippen MR) is 79.1 cm³/mol. The molecule has 1 N–H and O–H groups in total. The first-order valence-corrected chi connectivity index (χ1v) is 7.27. The molecule has 18 heavy (non-hydrogen) atoms. The van der Waals surface area contributed by atoms with Crippen molar-refractivity contribution < 1.29 is 0 Å². The molecule has 1 aliphatic rings. The van der Waals surface area contributed by atoms with Crippen molar-refractivity contribution in [3.63, 3.8) is 0 Å². The zero-order valence-electron chi connectivity index (χ0n) is 11.9. The summed E-state index contributed by atoms with van der Waals surface area (Å²) < 4.78 is 0. The maximum Gasteiger partial charge on any atom is 0.0414 e. The molecule has 1 aromatic rings. The summed E-state index contributed by atoms with van der Waals surface area (Å²) in [4.78, 5) is 2.58. The summed E-state index contributed by atoms with van der Waals surface area (Å²) in [5, 5.41) is 3.36. The van der Waals surface area contributed by atoms with E-state index in [2.05, 4.69) is 48.3 Å². The standard InChI is InChI=1S/C16H26N2/c1-4-11-18(12-14-9-10-14)16-8-6-5-7-15(16)13(2)17-3/h5-8,13-14,17H,4,9-12H2,1-3H3. The smallest absolute Gasteiger partial charge is 0.0414 e. The van der Waals surface area contributed by atoms with Crippen LogP contribution in [0.1, 0.15) is 44.7 Å². The van der Waals surface area contributed by atoms with Crippen molar-refractivity contribution in [1.29, 1.82) is 0 Å². The van der Waals surface area contributed by atoms with E-state index in [-0.39, 0.29) is 0 Å². The van der Waals surface area contributed by atoms with Gasteiger partial charge in [0.15, 0.2) is 0 Å². The van der Waals surface area contributed by atoms with Gasteiger partial charge in [0.25, 0.3) is 0 Å². The molecule has 0 aliphatic heterocycles. The van der Waals surface area contributed by atoms with E-state index in [9.17, 15) is 0 Å². The molecule has 1 unspecified atom stereocenters. The fraction of sp³-hybridized carbons (Fsp3) is 0.625. The summed E-state index contributed by atoms with van der Waals surface area (Å²) in [7, 11) is 2.03. The van der Waals surface area contributed by atoms with Crippen molar-refractivity contribution in [1.82, 2.24) is 5.32 Å². The summed E-state index contributed by atoms with van der Waals surface area (Å²) in [5.74, 6) is 0.939. The lowest BCUT2D eigenvalue weighted by Crippen LogP contribution is -2.28. The number of para-hydroxylation sites is 1. The Balaban J connectivity index is 2.21. The van der Waals surface area contributed by atoms with Gasteiger partial charge in [-0.25, -0.2) is 0 Å². The van der Waals surface area contributed by atoms with Crippen LogP contribution in [0.5, 0.6) is 0 Å². The van der Waals surface area contributed by atoms with Crippen LogP contribution < -0.4 is 10.2 Å². The van der Waals surface area contributed by atoms with E-state index in [1.807, 2.05) is 7.05 Å². The Morgan fingerprint density at radius 3 is 2.67 bits per heavy atom. The van der Waals surface area contributed by atoms with Crippen LogP contribution in [0.3, 0.4) is 0 Å². The van der Waals surface area contributed by atoms with Crippen LogP contribution in [0, 0.1) is 5.92 Å². The Hall–Kier alpha value is -1.02. The molecule has 100 valence electrons. The van der Waals surface area contributed by atoms with Gasteiger partial charge < -0.3 is 10.2 Å². The summed E-state index contributed by atoms with van der Waals surface area (Å²) in [6.45, 7) is 6.91. The second-order valence-corrected chi connectivity index (χ2v) is 5.46. The van der Waals surface area contributed by atoms with Crippen molar-refractivity contribution in [2.75, 3.05) is 25.0 Å². The molecule has 2 nitrogen and oxygen atoms in total. The number of nitrogens with one attached hydrogen (secondary N) is 1. The van der Waals surface area contributed by atoms with Gasteiger partial charge in [0.1, 0.15) is 0 Å². The van der Waals surface area contributed by atoms with Crippen molar-refractivity contribution in [2.24, 2.45) is 5.92 Å². The van der Waals surface area contributed by atoms with E-state index in [1.54, 1.807) is 0 Å². The molecular weight excluding hydrogens is 220 g/mol. The lowest BCUT2D eigenvalue weighted by Gasteiger charge is -2.28. The normalized spacial score (nSPS) is 16.6. The molecule has 1 aliphatic carbocycles. The Morgan fingerprint density at radius 1 is 1.33 bits per heavy atom. The maximum absolute atomic E-state index is 3.36. The SMILES string of the molecule is CCCN(CC1CC1)c1ccccc1C(C)NC. The fourth-order valence-electron chi connectivity index (χ4n) is 2.49. The molecule has 1 saturated carbocycles. The highest BCUT2D eigenvalue weighted by molar-refractivity contribution is 5.55. The Kier molecular flexibility index (Phi) is 4.65. The number of hydrogen-bond acceptors (Lipinski definition) is 2. The third-order valence-electron chi connectivity index (χ3n) is 3.85. The Bertz CT molecular complexity index is 371. The molecule has 0 saturated heterocycles. The van der Waals surface area contributed by atoms with E-state index in [0.29, 0.717) is 6.04 Å². The topological polar surface area (TPSA) is 15.3 Å². The molecular formula is C16H26N2. The molecule has 1 aromatic carbocycles. The maximum atomic E-state index is 3.36. The monoisotopic (exact) mass is 246 g/mol. The first-order chi connectivity index (χ1) is 8.76. The zero-order valence-corrected chi connectivity index (χ0v) is 11.9. The highest BCUT2D eigenvalue weighted by Crippen LogP contribution is 2.33. The van der Waals surface area contributed by atoms with Gasteiger partial charge >= 0.3 is 0 Å². The highest BCUT2D eigenvalue weighted by Gasteiger charge is 2.25. The van der Waals surface area contributed by atoms with Gasteiger partial charge in [0.2, 0.25) is 0 Å². The first-order valence-electron chi connectivity index (χ1n) is 7.27. The summed E-state index contributed by atoms with van der Waals surface area (Å²) in [5.41, 5.74) is 2.85. The van der Waals surface area contributed by atoms with E-state index < -0.39 is 0 Å². The number of anilines is 1. The van der Waals surface area contributed by atoms with Gasteiger partial charge in [-0.05, 0) is 50.8 Å². The minimum Gasteiger partial charge on any atom is -0.371 e. The molecule has 1 fully saturated rings. The number of benzene rings is 1. The predicted octanol–water partition coefficient (Wildman–Crippen LogP) is 3.59. The second kappa shape index (κ2) is 6.24. The average molecular weight is 246 g/mol. The van der Waals surface area contributed by atoms with Crippen LogP contribution in [0.15, 0.2) is 24.3 Å². The number of rotatable bonds is 7. The van der Waals surface area contributed by atoms with Crippen LogP contribution in [0.4, 0.5) is 5.69 Å². The van der Waals surface area contributed by atoms with Crippen molar-refractivity contribution in [3.05, 3.63) is 29.8 Å². The summed E-state index contributed by atoms with van der Waals surface area (Å²) >= 11 is 0. The zero-order chi connectivity index (χ0) is 13.0. The lowest BCUT2D eigenvalue weighted by molar-refractivity contribution is 0.640. The van der Waals surface area contributed by atoms with Gasteiger partial charge in [-0.3, -0.25) is 0 Å². The summed E-state index contributed by atoms with van der Waals surface area (Å²) in [6.07, 6.45) is 4.06. The molecule has 2 rings (SSSR count). The molecule has 0 bridgehead atoms. The quantitative estimate of drug-likeness (QED) is 0.791. The van der Waals surface area contributed by atoms with Crippen molar-refractivity contribution >= 4 is 5.69 Å². The van der Waals surface area contributed by atoms with Crippen molar-refractivity contribution in [3.8, 4) is 0 Å². The molecule has 0 aromatic heterocycles. The molecule has 2 heteroatoms. The first kappa shape index (κ1) is 13.4. The van der Waals surface area contributed by atoms with Crippen LogP contribution in [0.25, 0.3) is 0 Å². The highest BCUT2D eigenvalue weighted by atomic mass is 15.1. The third-order valence-corrected chi connectivity index (χ3v) is 3.85. The largest absolute Gasteiger partial charge is 0.371 e. The van der Waals surface area contributed by atoms with E-state index in [1.165, 1.54) is 43.6 Å². The minimum atomic E-state index is 0.416. The number of hydrogen-bond donors (Lipinski definition) is 1. The lowest BCUT2D eigenvalue weighted by atomic mass is 10.0. The number of nitrogens with zero attached hydrogens (tertiary/aromatic N) is 1. The Morgan fingerprint density at radius 2 is 2.06 bits per heavy atom. The van der Waals surface area contributed by atoms with Crippen LogP contribution >= 0.6 is 0 Å². The molecule has 0 amide bonds. The average Bonchev–Trinajstić information content (AvgIpc) is 3.21. The molecule has 0 heterocycles. The third kappa shape index (κ3) is 3.26. The summed E-state index contributed by atoms with van der Waals surface area (Å²) in [6, 6.07) is 9.26. The Labute approximate surface area is 111 Å². The van der Waals surface area contributed by atoms with E-state index >= 15 is 0 Å². The van der Waals surface area contributed by atoms with Gasteiger partial charge in [0.05, 0.1) is 0 Å². The minimum absolute atomic E-state index is 0.416. The van der Waals surface area contributed by atoms with Crippen LogP contribution in [-0.2, 0) is 0 Å². The van der Waals surface area contributed by atoms with Crippen LogP contribution in [-0.4, -0.2) is 20.1 Å². The van der Waals surface area contributed by atoms with Crippen LogP contribution in [0.2, 0.25) is 0 Å².